The van der Waals surface area contributed by atoms with Gasteiger partial charge in [-0.05, 0) is 31.5 Å². The van der Waals surface area contributed by atoms with E-state index in [4.69, 9.17) is 11.6 Å². The maximum Gasteiger partial charge on any atom is 0.153 e. The molecular formula is C12H18ClNO2S. The van der Waals surface area contributed by atoms with Gasteiger partial charge in [-0.3, -0.25) is 0 Å². The number of rotatable bonds is 5. The smallest absolute Gasteiger partial charge is 0.153 e. The zero-order valence-corrected chi connectivity index (χ0v) is 11.9. The predicted molar refractivity (Wildman–Crippen MR) is 72.1 cm³/mol. The van der Waals surface area contributed by atoms with E-state index in [9.17, 15) is 8.42 Å². The van der Waals surface area contributed by atoms with E-state index in [1.165, 1.54) is 6.26 Å². The Morgan fingerprint density at radius 1 is 1.24 bits per heavy atom. The Bertz CT molecular complexity index is 466. The Labute approximate surface area is 108 Å². The minimum atomic E-state index is -3.05. The number of benzene rings is 1. The lowest BCUT2D eigenvalue weighted by Gasteiger charge is -2.22. The molecule has 1 rings (SSSR count). The third-order valence-corrected chi connectivity index (χ3v) is 5.20. The molecule has 96 valence electrons. The Balaban J connectivity index is 2.51. The van der Waals surface area contributed by atoms with Crippen molar-refractivity contribution in [2.45, 2.75) is 25.1 Å². The second kappa shape index (κ2) is 5.38. The minimum absolute atomic E-state index is 0.425. The van der Waals surface area contributed by atoms with Crippen molar-refractivity contribution in [3.05, 3.63) is 34.9 Å². The number of hydrogen-bond donors (Lipinski definition) is 1. The molecule has 3 nitrogen and oxygen atoms in total. The lowest BCUT2D eigenvalue weighted by atomic mass is 10.2. The molecule has 0 fully saturated rings. The first-order chi connectivity index (χ1) is 7.72. The summed E-state index contributed by atoms with van der Waals surface area (Å²) in [6.07, 6.45) is 1.26. The van der Waals surface area contributed by atoms with Crippen LogP contribution in [0, 0.1) is 0 Å². The van der Waals surface area contributed by atoms with Crippen LogP contribution < -0.4 is 5.32 Å². The van der Waals surface area contributed by atoms with Gasteiger partial charge in [0.25, 0.3) is 0 Å². The fourth-order valence-electron chi connectivity index (χ4n) is 1.24. The van der Waals surface area contributed by atoms with Crippen molar-refractivity contribution in [1.82, 2.24) is 5.32 Å². The third kappa shape index (κ3) is 4.30. The molecule has 5 heteroatoms. The van der Waals surface area contributed by atoms with Crippen LogP contribution in [0.15, 0.2) is 24.3 Å². The van der Waals surface area contributed by atoms with Crippen LogP contribution in [0.2, 0.25) is 5.02 Å². The molecule has 0 aliphatic heterocycles. The Kier molecular flexibility index (Phi) is 4.58. The van der Waals surface area contributed by atoms with Crippen molar-refractivity contribution in [1.29, 1.82) is 0 Å². The maximum absolute atomic E-state index is 11.5. The van der Waals surface area contributed by atoms with E-state index in [0.29, 0.717) is 18.1 Å². The predicted octanol–water partition coefficient (Wildman–Crippen LogP) is 2.25. The van der Waals surface area contributed by atoms with Gasteiger partial charge in [-0.25, -0.2) is 8.42 Å². The van der Waals surface area contributed by atoms with E-state index in [2.05, 4.69) is 5.32 Å². The minimum Gasteiger partial charge on any atom is -0.311 e. The van der Waals surface area contributed by atoms with Crippen LogP contribution in [-0.2, 0) is 16.4 Å². The summed E-state index contributed by atoms with van der Waals surface area (Å²) < 4.78 is 22.2. The topological polar surface area (TPSA) is 46.2 Å². The molecule has 0 saturated carbocycles. The first kappa shape index (κ1) is 14.5. The molecule has 17 heavy (non-hydrogen) atoms. The average Bonchev–Trinajstić information content (AvgIpc) is 2.19. The number of sulfone groups is 1. The van der Waals surface area contributed by atoms with Crippen LogP contribution in [0.3, 0.4) is 0 Å². The van der Waals surface area contributed by atoms with Gasteiger partial charge in [0.1, 0.15) is 0 Å². The molecule has 0 aliphatic rings. The molecule has 1 aromatic rings. The standard InChI is InChI=1S/C12H18ClNO2S/c1-12(2,17(3,15)16)9-14-8-10-4-6-11(13)7-5-10/h4-7,14H,8-9H2,1-3H3. The Morgan fingerprint density at radius 2 is 1.76 bits per heavy atom. The van der Waals surface area contributed by atoms with Gasteiger partial charge in [0, 0.05) is 24.4 Å². The summed E-state index contributed by atoms with van der Waals surface area (Å²) >= 11 is 5.78. The molecule has 0 amide bonds. The van der Waals surface area contributed by atoms with Crippen molar-refractivity contribution in [3.8, 4) is 0 Å². The Morgan fingerprint density at radius 3 is 2.24 bits per heavy atom. The van der Waals surface area contributed by atoms with Gasteiger partial charge >= 0.3 is 0 Å². The fraction of sp³-hybridized carbons (Fsp3) is 0.500. The second-order valence-corrected chi connectivity index (χ2v) is 7.85. The van der Waals surface area contributed by atoms with E-state index in [1.54, 1.807) is 13.8 Å². The van der Waals surface area contributed by atoms with Crippen LogP contribution in [-0.4, -0.2) is 26.0 Å². The molecule has 0 heterocycles. The molecule has 0 atom stereocenters. The number of nitrogens with one attached hydrogen (secondary N) is 1. The van der Waals surface area contributed by atoms with E-state index < -0.39 is 14.6 Å². The quantitative estimate of drug-likeness (QED) is 0.897. The van der Waals surface area contributed by atoms with Crippen molar-refractivity contribution in [2.75, 3.05) is 12.8 Å². The summed E-state index contributed by atoms with van der Waals surface area (Å²) in [5, 5.41) is 3.84. The van der Waals surface area contributed by atoms with Crippen molar-refractivity contribution >= 4 is 21.4 Å². The van der Waals surface area contributed by atoms with Gasteiger partial charge in [-0.2, -0.15) is 0 Å². The molecular weight excluding hydrogens is 258 g/mol. The van der Waals surface area contributed by atoms with Crippen molar-refractivity contribution < 1.29 is 8.42 Å². The first-order valence-corrected chi connectivity index (χ1v) is 7.64. The SMILES string of the molecule is CC(C)(CNCc1ccc(Cl)cc1)S(C)(=O)=O. The van der Waals surface area contributed by atoms with Crippen LogP contribution in [0.1, 0.15) is 19.4 Å². The lowest BCUT2D eigenvalue weighted by molar-refractivity contribution is 0.521. The van der Waals surface area contributed by atoms with E-state index in [-0.39, 0.29) is 0 Å². The highest BCUT2D eigenvalue weighted by atomic mass is 35.5. The molecule has 0 saturated heterocycles. The van der Waals surface area contributed by atoms with Gasteiger partial charge in [0.05, 0.1) is 4.75 Å². The summed E-state index contributed by atoms with van der Waals surface area (Å²) in [5.41, 5.74) is 1.08. The maximum atomic E-state index is 11.5. The number of halogens is 1. The van der Waals surface area contributed by atoms with Gasteiger partial charge in [-0.1, -0.05) is 23.7 Å². The summed E-state index contributed by atoms with van der Waals surface area (Å²) in [7, 11) is -3.05. The monoisotopic (exact) mass is 275 g/mol. The zero-order chi connectivity index (χ0) is 13.1. The summed E-state index contributed by atoms with van der Waals surface area (Å²) in [4.78, 5) is 0. The highest BCUT2D eigenvalue weighted by Crippen LogP contribution is 2.14. The summed E-state index contributed by atoms with van der Waals surface area (Å²) in [5.74, 6) is 0. The molecule has 0 aliphatic carbocycles. The van der Waals surface area contributed by atoms with Gasteiger partial charge in [0.2, 0.25) is 0 Å². The Hall–Kier alpha value is -0.580. The van der Waals surface area contributed by atoms with Crippen LogP contribution >= 0.6 is 11.6 Å². The third-order valence-electron chi connectivity index (χ3n) is 2.80. The van der Waals surface area contributed by atoms with Gasteiger partial charge in [-0.15, -0.1) is 0 Å². The second-order valence-electron chi connectivity index (χ2n) is 4.76. The van der Waals surface area contributed by atoms with Crippen molar-refractivity contribution in [3.63, 3.8) is 0 Å². The fourth-order valence-corrected chi connectivity index (χ4v) is 1.73. The van der Waals surface area contributed by atoms with Gasteiger partial charge in [0.15, 0.2) is 9.84 Å². The molecule has 0 radical (unpaired) electrons. The molecule has 0 bridgehead atoms. The molecule has 0 unspecified atom stereocenters. The van der Waals surface area contributed by atoms with Crippen LogP contribution in [0.4, 0.5) is 0 Å². The summed E-state index contributed by atoms with van der Waals surface area (Å²) in [6.45, 7) is 4.50. The highest BCUT2D eigenvalue weighted by molar-refractivity contribution is 7.92. The highest BCUT2D eigenvalue weighted by Gasteiger charge is 2.29. The van der Waals surface area contributed by atoms with Crippen molar-refractivity contribution in [2.24, 2.45) is 0 Å². The molecule has 0 aromatic heterocycles. The van der Waals surface area contributed by atoms with Gasteiger partial charge < -0.3 is 5.32 Å². The van der Waals surface area contributed by atoms with Crippen LogP contribution in [0.5, 0.6) is 0 Å². The van der Waals surface area contributed by atoms with E-state index >= 15 is 0 Å². The molecule has 1 N–H and O–H groups in total. The summed E-state index contributed by atoms with van der Waals surface area (Å²) in [6, 6.07) is 7.48. The van der Waals surface area contributed by atoms with Crippen LogP contribution in [0.25, 0.3) is 0 Å². The first-order valence-electron chi connectivity index (χ1n) is 5.37. The largest absolute Gasteiger partial charge is 0.311 e. The molecule has 0 spiro atoms. The van der Waals surface area contributed by atoms with E-state index in [1.807, 2.05) is 24.3 Å². The lowest BCUT2D eigenvalue weighted by Crippen LogP contribution is -2.41. The molecule has 1 aromatic carbocycles. The normalized spacial score (nSPS) is 12.7. The zero-order valence-electron chi connectivity index (χ0n) is 10.3. The average molecular weight is 276 g/mol. The number of hydrogen-bond acceptors (Lipinski definition) is 3. The van der Waals surface area contributed by atoms with E-state index in [0.717, 1.165) is 5.56 Å².